The van der Waals surface area contributed by atoms with E-state index in [1.54, 1.807) is 16.8 Å². The summed E-state index contributed by atoms with van der Waals surface area (Å²) in [7, 11) is 0. The van der Waals surface area contributed by atoms with Gasteiger partial charge in [-0.2, -0.15) is 0 Å². The molecule has 0 aliphatic carbocycles. The van der Waals surface area contributed by atoms with E-state index in [-0.39, 0.29) is 23.6 Å². The van der Waals surface area contributed by atoms with Crippen molar-refractivity contribution in [3.63, 3.8) is 0 Å². The van der Waals surface area contributed by atoms with Gasteiger partial charge >= 0.3 is 0 Å². The van der Waals surface area contributed by atoms with Gasteiger partial charge in [0.15, 0.2) is 11.5 Å². The molecule has 6 nitrogen and oxygen atoms in total. The number of phenols is 3. The second-order valence-corrected chi connectivity index (χ2v) is 4.74. The molecule has 1 heterocycles. The molecule has 0 aliphatic heterocycles. The zero-order valence-corrected chi connectivity index (χ0v) is 11.7. The lowest BCUT2D eigenvalue weighted by Gasteiger charge is -2.11. The van der Waals surface area contributed by atoms with E-state index in [1.165, 1.54) is 18.2 Å². The van der Waals surface area contributed by atoms with Gasteiger partial charge in [0, 0.05) is 30.9 Å². The van der Waals surface area contributed by atoms with E-state index >= 15 is 0 Å². The Morgan fingerprint density at radius 1 is 1.10 bits per heavy atom. The van der Waals surface area contributed by atoms with Gasteiger partial charge in [0.05, 0.1) is 5.69 Å². The molecule has 4 N–H and O–H groups in total. The molecule has 21 heavy (non-hydrogen) atoms. The predicted octanol–water partition coefficient (Wildman–Crippen LogP) is 1.99. The maximum Gasteiger partial charge on any atom is 0.250 e. The number of benzene rings is 1. The molecular formula is C15H18N2O4. The number of anilines is 1. The number of pyridine rings is 1. The lowest BCUT2D eigenvalue weighted by Crippen LogP contribution is -2.18. The first kappa shape index (κ1) is 14.8. The fourth-order valence-electron chi connectivity index (χ4n) is 2.00. The molecule has 1 aromatic heterocycles. The van der Waals surface area contributed by atoms with Crippen molar-refractivity contribution in [2.45, 2.75) is 26.4 Å². The molecule has 6 heteroatoms. The van der Waals surface area contributed by atoms with Crippen molar-refractivity contribution in [2.24, 2.45) is 0 Å². The van der Waals surface area contributed by atoms with Gasteiger partial charge in [-0.05, 0) is 24.6 Å². The van der Waals surface area contributed by atoms with Crippen LogP contribution in [-0.2, 0) is 13.1 Å². The molecule has 2 rings (SSSR count). The minimum Gasteiger partial charge on any atom is -0.504 e. The smallest absolute Gasteiger partial charge is 0.250 e. The van der Waals surface area contributed by atoms with Crippen LogP contribution in [0, 0.1) is 0 Å². The molecular weight excluding hydrogens is 272 g/mol. The van der Waals surface area contributed by atoms with E-state index in [4.69, 9.17) is 0 Å². The Balaban J connectivity index is 2.15. The quantitative estimate of drug-likeness (QED) is 0.632. The summed E-state index contributed by atoms with van der Waals surface area (Å²) in [5, 5.41) is 31.5. The summed E-state index contributed by atoms with van der Waals surface area (Å²) < 4.78 is 1.61. The molecule has 2 aromatic rings. The van der Waals surface area contributed by atoms with Crippen molar-refractivity contribution in [3.8, 4) is 17.2 Å². The highest BCUT2D eigenvalue weighted by Crippen LogP contribution is 2.37. The maximum absolute atomic E-state index is 11.6. The Morgan fingerprint density at radius 3 is 2.57 bits per heavy atom. The Morgan fingerprint density at radius 2 is 1.86 bits per heavy atom. The zero-order valence-electron chi connectivity index (χ0n) is 11.7. The van der Waals surface area contributed by atoms with E-state index < -0.39 is 5.75 Å². The van der Waals surface area contributed by atoms with Gasteiger partial charge in [-0.25, -0.2) is 0 Å². The number of nitrogens with zero attached hydrogens (tertiary/aromatic N) is 1. The number of nitrogens with one attached hydrogen (secondary N) is 1. The SMILES string of the molecule is CCCn1cc(NCc2ccc(O)c(O)c2O)ccc1=O. The summed E-state index contributed by atoms with van der Waals surface area (Å²) in [5.41, 5.74) is 1.11. The fourth-order valence-corrected chi connectivity index (χ4v) is 2.00. The van der Waals surface area contributed by atoms with E-state index in [2.05, 4.69) is 5.32 Å². The number of rotatable bonds is 5. The van der Waals surface area contributed by atoms with Crippen molar-refractivity contribution < 1.29 is 15.3 Å². The van der Waals surface area contributed by atoms with Gasteiger partial charge in [0.25, 0.3) is 5.56 Å². The lowest BCUT2D eigenvalue weighted by molar-refractivity contribution is 0.365. The van der Waals surface area contributed by atoms with Gasteiger partial charge in [-0.15, -0.1) is 0 Å². The van der Waals surface area contributed by atoms with Gasteiger partial charge < -0.3 is 25.2 Å². The van der Waals surface area contributed by atoms with E-state index in [1.807, 2.05) is 6.92 Å². The molecule has 1 aromatic carbocycles. The van der Waals surface area contributed by atoms with Crippen molar-refractivity contribution in [1.82, 2.24) is 4.57 Å². The average molecular weight is 290 g/mol. The molecule has 0 aliphatic rings. The van der Waals surface area contributed by atoms with Crippen molar-refractivity contribution >= 4 is 5.69 Å². The van der Waals surface area contributed by atoms with E-state index in [9.17, 15) is 20.1 Å². The molecule has 112 valence electrons. The number of aromatic hydroxyl groups is 3. The van der Waals surface area contributed by atoms with E-state index in [0.717, 1.165) is 12.1 Å². The van der Waals surface area contributed by atoms with Gasteiger partial charge in [-0.3, -0.25) is 4.79 Å². The summed E-state index contributed by atoms with van der Waals surface area (Å²) in [6.07, 6.45) is 2.57. The summed E-state index contributed by atoms with van der Waals surface area (Å²) in [6.45, 7) is 2.88. The third-order valence-electron chi connectivity index (χ3n) is 3.14. The maximum atomic E-state index is 11.6. The minimum atomic E-state index is -0.537. The second-order valence-electron chi connectivity index (χ2n) is 4.74. The average Bonchev–Trinajstić information content (AvgIpc) is 2.47. The number of hydrogen-bond donors (Lipinski definition) is 4. The van der Waals surface area contributed by atoms with Crippen molar-refractivity contribution in [1.29, 1.82) is 0 Å². The van der Waals surface area contributed by atoms with E-state index in [0.29, 0.717) is 12.1 Å². The summed E-state index contributed by atoms with van der Waals surface area (Å²) in [4.78, 5) is 11.6. The third-order valence-corrected chi connectivity index (χ3v) is 3.14. The van der Waals surface area contributed by atoms with Crippen LogP contribution in [0.1, 0.15) is 18.9 Å². The number of hydrogen-bond acceptors (Lipinski definition) is 5. The first-order valence-electron chi connectivity index (χ1n) is 6.70. The highest BCUT2D eigenvalue weighted by atomic mass is 16.3. The van der Waals surface area contributed by atoms with Crippen molar-refractivity contribution in [3.05, 3.63) is 46.4 Å². The molecule has 0 spiro atoms. The Bertz CT molecular complexity index is 695. The lowest BCUT2D eigenvalue weighted by atomic mass is 10.1. The van der Waals surface area contributed by atoms with Gasteiger partial charge in [0.1, 0.15) is 0 Å². The Labute approximate surface area is 121 Å². The minimum absolute atomic E-state index is 0.0625. The standard InChI is InChI=1S/C15H18N2O4/c1-2-7-17-9-11(4-6-13(17)19)16-8-10-3-5-12(18)15(21)14(10)20/h3-6,9,16,18,20-21H,2,7-8H2,1H3. The first-order chi connectivity index (χ1) is 10.0. The van der Waals surface area contributed by atoms with Crippen molar-refractivity contribution in [2.75, 3.05) is 5.32 Å². The fraction of sp³-hybridized carbons (Fsp3) is 0.267. The second kappa shape index (κ2) is 6.21. The van der Waals surface area contributed by atoms with Crippen LogP contribution in [0.2, 0.25) is 0 Å². The molecule has 0 amide bonds. The summed E-state index contributed by atoms with van der Waals surface area (Å²) in [6, 6.07) is 5.96. The van der Waals surface area contributed by atoms with Crippen LogP contribution in [0.3, 0.4) is 0 Å². The molecule has 0 bridgehead atoms. The molecule has 0 saturated heterocycles. The highest BCUT2D eigenvalue weighted by molar-refractivity contribution is 5.54. The number of aryl methyl sites for hydroxylation is 1. The molecule has 0 fully saturated rings. The van der Waals surface area contributed by atoms with Crippen LogP contribution in [0.15, 0.2) is 35.3 Å². The van der Waals surface area contributed by atoms with Crippen LogP contribution in [-0.4, -0.2) is 19.9 Å². The van der Waals surface area contributed by atoms with Crippen LogP contribution < -0.4 is 10.9 Å². The first-order valence-corrected chi connectivity index (χ1v) is 6.70. The van der Waals surface area contributed by atoms with Crippen LogP contribution in [0.5, 0.6) is 17.2 Å². The zero-order chi connectivity index (χ0) is 15.4. The molecule has 0 unspecified atom stereocenters. The largest absolute Gasteiger partial charge is 0.504 e. The van der Waals surface area contributed by atoms with Gasteiger partial charge in [0.2, 0.25) is 5.75 Å². The predicted molar refractivity (Wildman–Crippen MR) is 79.8 cm³/mol. The number of aromatic nitrogens is 1. The van der Waals surface area contributed by atoms with Crippen LogP contribution >= 0.6 is 0 Å². The third kappa shape index (κ3) is 3.28. The highest BCUT2D eigenvalue weighted by Gasteiger charge is 2.10. The summed E-state index contributed by atoms with van der Waals surface area (Å²) in [5.74, 6) is -1.26. The molecule has 0 radical (unpaired) electrons. The van der Waals surface area contributed by atoms with Crippen LogP contribution in [0.25, 0.3) is 0 Å². The van der Waals surface area contributed by atoms with Gasteiger partial charge in [-0.1, -0.05) is 6.92 Å². The topological polar surface area (TPSA) is 94.7 Å². The summed E-state index contributed by atoms with van der Waals surface area (Å²) >= 11 is 0. The normalized spacial score (nSPS) is 10.5. The Hall–Kier alpha value is -2.63. The number of phenolic OH excluding ortho intramolecular Hbond substituents is 3. The molecule has 0 saturated carbocycles. The Kier molecular flexibility index (Phi) is 4.37. The molecule has 0 atom stereocenters. The monoisotopic (exact) mass is 290 g/mol. The van der Waals surface area contributed by atoms with Crippen LogP contribution in [0.4, 0.5) is 5.69 Å².